The molecule has 0 saturated carbocycles. The maximum atomic E-state index is 12.9. The first-order valence-corrected chi connectivity index (χ1v) is 9.26. The number of alkyl halides is 3. The fraction of sp³-hybridized carbons (Fsp3) is 0.0556. The molecule has 7 nitrogen and oxygen atoms in total. The van der Waals surface area contributed by atoms with E-state index in [1.807, 2.05) is 6.07 Å². The van der Waals surface area contributed by atoms with E-state index >= 15 is 0 Å². The van der Waals surface area contributed by atoms with Crippen LogP contribution in [0.25, 0.3) is 11.3 Å². The summed E-state index contributed by atoms with van der Waals surface area (Å²) in [6, 6.07) is 10.3. The minimum atomic E-state index is -4.56. The number of non-ortho nitro benzene ring substituents is 1. The normalized spacial score (nSPS) is 11.8. The number of nitriles is 1. The minimum Gasteiger partial charge on any atom is -0.276 e. The second-order valence-electron chi connectivity index (χ2n) is 5.72. The summed E-state index contributed by atoms with van der Waals surface area (Å²) in [6.07, 6.45) is -4.56. The molecular weight excluding hydrogens is 443 g/mol. The second kappa shape index (κ2) is 8.48. The summed E-state index contributed by atoms with van der Waals surface area (Å²) in [6.45, 7) is 0. The van der Waals surface area contributed by atoms with Crippen molar-refractivity contribution in [3.63, 3.8) is 0 Å². The van der Waals surface area contributed by atoms with Crippen LogP contribution in [0.1, 0.15) is 10.6 Å². The largest absolute Gasteiger partial charge is 0.416 e. The van der Waals surface area contributed by atoms with Gasteiger partial charge in [0.05, 0.1) is 26.9 Å². The van der Waals surface area contributed by atoms with Crippen LogP contribution < -0.4 is 5.43 Å². The Morgan fingerprint density at radius 1 is 1.30 bits per heavy atom. The number of anilines is 1. The molecule has 0 saturated heterocycles. The van der Waals surface area contributed by atoms with Gasteiger partial charge in [-0.25, -0.2) is 4.98 Å². The average Bonchev–Trinajstić information content (AvgIpc) is 3.19. The lowest BCUT2D eigenvalue weighted by atomic mass is 10.1. The lowest BCUT2D eigenvalue weighted by molar-refractivity contribution is -0.384. The third-order valence-corrected chi connectivity index (χ3v) is 4.93. The molecule has 0 unspecified atom stereocenters. The summed E-state index contributed by atoms with van der Waals surface area (Å²) >= 11 is 6.94. The third-order valence-electron chi connectivity index (χ3n) is 3.75. The third kappa shape index (κ3) is 4.73. The Kier molecular flexibility index (Phi) is 6.00. The summed E-state index contributed by atoms with van der Waals surface area (Å²) in [5, 5.41) is 25.8. The van der Waals surface area contributed by atoms with E-state index in [9.17, 15) is 28.5 Å². The summed E-state index contributed by atoms with van der Waals surface area (Å²) < 4.78 is 38.6. The molecule has 0 aliphatic rings. The molecule has 0 aliphatic heterocycles. The van der Waals surface area contributed by atoms with E-state index in [1.54, 1.807) is 11.4 Å². The Bertz CT molecular complexity index is 1190. The number of hydrogen-bond donors (Lipinski definition) is 1. The van der Waals surface area contributed by atoms with Crippen LogP contribution in [0.3, 0.4) is 0 Å². The lowest BCUT2D eigenvalue weighted by Crippen LogP contribution is -2.06. The Hall–Kier alpha value is -3.49. The topological polar surface area (TPSA) is 104 Å². The molecule has 1 N–H and O–H groups in total. The monoisotopic (exact) mass is 451 g/mol. The highest BCUT2D eigenvalue weighted by molar-refractivity contribution is 7.12. The van der Waals surface area contributed by atoms with Gasteiger partial charge in [-0.1, -0.05) is 23.7 Å². The van der Waals surface area contributed by atoms with Crippen molar-refractivity contribution in [1.82, 2.24) is 4.98 Å². The van der Waals surface area contributed by atoms with Gasteiger partial charge in [0.2, 0.25) is 0 Å². The molecule has 0 radical (unpaired) electrons. The van der Waals surface area contributed by atoms with E-state index in [2.05, 4.69) is 15.5 Å². The molecule has 1 heterocycles. The van der Waals surface area contributed by atoms with E-state index in [0.717, 1.165) is 29.5 Å². The number of aromatic nitrogens is 1. The SMILES string of the molecule is N#CC(=NNc1cc(C(F)(F)F)ccc1Cl)c1nc(-c2cccc([N+](=O)[O-])c2)cs1. The van der Waals surface area contributed by atoms with Crippen LogP contribution in [0, 0.1) is 21.4 Å². The van der Waals surface area contributed by atoms with Gasteiger partial charge in [0, 0.05) is 23.1 Å². The van der Waals surface area contributed by atoms with Crippen molar-refractivity contribution >= 4 is 40.0 Å². The Morgan fingerprint density at radius 2 is 2.07 bits per heavy atom. The summed E-state index contributed by atoms with van der Waals surface area (Å²) in [5.74, 6) is 0. The molecule has 12 heteroatoms. The van der Waals surface area contributed by atoms with Crippen molar-refractivity contribution in [3.05, 3.63) is 73.6 Å². The van der Waals surface area contributed by atoms with Gasteiger partial charge in [0.25, 0.3) is 5.69 Å². The quantitative estimate of drug-likeness (QED) is 0.303. The zero-order valence-corrected chi connectivity index (χ0v) is 16.2. The van der Waals surface area contributed by atoms with Crippen molar-refractivity contribution in [2.75, 3.05) is 5.43 Å². The number of nitrogens with one attached hydrogen (secondary N) is 1. The smallest absolute Gasteiger partial charge is 0.276 e. The molecular formula is C18H9ClF3N5O2S. The number of nitro benzene ring substituents is 1. The van der Waals surface area contributed by atoms with Gasteiger partial charge in [0.1, 0.15) is 6.07 Å². The summed E-state index contributed by atoms with van der Waals surface area (Å²) in [4.78, 5) is 14.6. The number of rotatable bonds is 5. The number of hydrazone groups is 1. The van der Waals surface area contributed by atoms with Crippen LogP contribution in [0.2, 0.25) is 5.02 Å². The molecule has 152 valence electrons. The Labute approximate surface area is 176 Å². The minimum absolute atomic E-state index is 0.0135. The first kappa shape index (κ1) is 21.2. The summed E-state index contributed by atoms with van der Waals surface area (Å²) in [7, 11) is 0. The first-order valence-electron chi connectivity index (χ1n) is 8.00. The molecule has 0 fully saturated rings. The van der Waals surface area contributed by atoms with E-state index < -0.39 is 16.7 Å². The van der Waals surface area contributed by atoms with Crippen LogP contribution in [0.5, 0.6) is 0 Å². The average molecular weight is 452 g/mol. The van der Waals surface area contributed by atoms with Gasteiger partial charge in [0.15, 0.2) is 10.7 Å². The van der Waals surface area contributed by atoms with Gasteiger partial charge in [-0.3, -0.25) is 15.5 Å². The predicted molar refractivity (Wildman–Crippen MR) is 106 cm³/mol. The van der Waals surface area contributed by atoms with Crippen LogP contribution in [-0.2, 0) is 6.18 Å². The van der Waals surface area contributed by atoms with Gasteiger partial charge >= 0.3 is 6.18 Å². The zero-order valence-electron chi connectivity index (χ0n) is 14.6. The highest BCUT2D eigenvalue weighted by Crippen LogP contribution is 2.34. The van der Waals surface area contributed by atoms with Gasteiger partial charge in [-0.05, 0) is 18.2 Å². The van der Waals surface area contributed by atoms with Crippen molar-refractivity contribution in [2.45, 2.75) is 6.18 Å². The summed E-state index contributed by atoms with van der Waals surface area (Å²) in [5.41, 5.74) is 1.86. The molecule has 0 spiro atoms. The standard InChI is InChI=1S/C18H9ClF3N5O2S/c19-13-5-4-11(18(20,21)22)7-14(13)25-26-15(8-23)17-24-16(9-30-17)10-2-1-3-12(6-10)27(28)29/h1-7,9,25H. The molecule has 2 aromatic carbocycles. The Morgan fingerprint density at radius 3 is 2.73 bits per heavy atom. The van der Waals surface area contributed by atoms with E-state index in [4.69, 9.17) is 11.6 Å². The van der Waals surface area contributed by atoms with Crippen molar-refractivity contribution in [1.29, 1.82) is 5.26 Å². The second-order valence-corrected chi connectivity index (χ2v) is 6.99. The van der Waals surface area contributed by atoms with Crippen LogP contribution in [-0.4, -0.2) is 15.6 Å². The number of nitro groups is 1. The van der Waals surface area contributed by atoms with Crippen LogP contribution >= 0.6 is 22.9 Å². The van der Waals surface area contributed by atoms with Gasteiger partial charge in [-0.15, -0.1) is 11.3 Å². The van der Waals surface area contributed by atoms with Gasteiger partial charge in [-0.2, -0.15) is 23.5 Å². The number of benzene rings is 2. The van der Waals surface area contributed by atoms with Gasteiger partial charge < -0.3 is 0 Å². The first-order chi connectivity index (χ1) is 14.2. The number of hydrogen-bond acceptors (Lipinski definition) is 7. The molecule has 1 aromatic heterocycles. The van der Waals surface area contributed by atoms with E-state index in [-0.39, 0.29) is 27.1 Å². The Balaban J connectivity index is 1.88. The van der Waals surface area contributed by atoms with Crippen molar-refractivity contribution in [3.8, 4) is 17.3 Å². The molecule has 3 aromatic rings. The number of thiazole rings is 1. The number of halogens is 4. The fourth-order valence-corrected chi connectivity index (χ4v) is 3.24. The van der Waals surface area contributed by atoms with Crippen LogP contribution in [0.15, 0.2) is 52.9 Å². The number of nitrogens with zero attached hydrogens (tertiary/aromatic N) is 4. The molecule has 30 heavy (non-hydrogen) atoms. The molecule has 0 amide bonds. The maximum absolute atomic E-state index is 12.9. The molecule has 0 aliphatic carbocycles. The van der Waals surface area contributed by atoms with E-state index in [0.29, 0.717) is 11.3 Å². The lowest BCUT2D eigenvalue weighted by Gasteiger charge is -2.10. The molecule has 0 bridgehead atoms. The maximum Gasteiger partial charge on any atom is 0.416 e. The van der Waals surface area contributed by atoms with Crippen molar-refractivity contribution < 1.29 is 18.1 Å². The van der Waals surface area contributed by atoms with Crippen molar-refractivity contribution in [2.24, 2.45) is 5.10 Å². The fourth-order valence-electron chi connectivity index (χ4n) is 2.32. The molecule has 0 atom stereocenters. The zero-order chi connectivity index (χ0) is 21.9. The highest BCUT2D eigenvalue weighted by atomic mass is 35.5. The predicted octanol–water partition coefficient (Wildman–Crippen LogP) is 5.73. The molecule has 3 rings (SSSR count). The van der Waals surface area contributed by atoms with E-state index in [1.165, 1.54) is 18.2 Å². The van der Waals surface area contributed by atoms with Crippen LogP contribution in [0.4, 0.5) is 24.5 Å². The highest BCUT2D eigenvalue weighted by Gasteiger charge is 2.31.